The van der Waals surface area contributed by atoms with E-state index in [2.05, 4.69) is 15.3 Å². The molecule has 1 aromatic heterocycles. The maximum absolute atomic E-state index is 15.4. The molecule has 3 atom stereocenters. The molecule has 224 valence electrons. The largest absolute Gasteiger partial charge is 0.478 e. The summed E-state index contributed by atoms with van der Waals surface area (Å²) in [5, 5.41) is 15.7. The summed E-state index contributed by atoms with van der Waals surface area (Å²) in [5.41, 5.74) is 0.545. The van der Waals surface area contributed by atoms with Crippen LogP contribution in [0.15, 0.2) is 46.0 Å². The third-order valence-corrected chi connectivity index (χ3v) is 9.79. The van der Waals surface area contributed by atoms with Crippen molar-refractivity contribution in [2.75, 3.05) is 39.8 Å². The van der Waals surface area contributed by atoms with Crippen molar-refractivity contribution in [1.29, 1.82) is 0 Å². The number of amidine groups is 1. The van der Waals surface area contributed by atoms with Gasteiger partial charge in [-0.25, -0.2) is 22.9 Å². The van der Waals surface area contributed by atoms with Crippen LogP contribution in [0.3, 0.4) is 0 Å². The number of nitrogens with zero attached hydrogens (tertiary/aromatic N) is 4. The van der Waals surface area contributed by atoms with Crippen LogP contribution in [0.5, 0.6) is 0 Å². The molecule has 13 heteroatoms. The van der Waals surface area contributed by atoms with E-state index in [-0.39, 0.29) is 47.7 Å². The number of carboxylic acid groups (broad SMARTS) is 1. The first-order valence-corrected chi connectivity index (χ1v) is 14.8. The molecule has 1 aromatic carbocycles. The number of carbonyl (C=O) groups is 2. The Morgan fingerprint density at radius 1 is 1.26 bits per heavy atom. The molecule has 0 radical (unpaired) electrons. The normalized spacial score (nSPS) is 26.5. The lowest BCUT2D eigenvalue weighted by Crippen LogP contribution is -2.43. The highest BCUT2D eigenvalue weighted by molar-refractivity contribution is 7.11. The number of aliphatic imine (C=N–C) groups is 1. The molecule has 1 aliphatic carbocycles. The van der Waals surface area contributed by atoms with Gasteiger partial charge in [-0.15, -0.1) is 11.3 Å². The number of benzene rings is 1. The SMILES string of the molecule is COC(=O)CC1(CN2CC3C(C2)C(F)(F)CN3CC2=C(C(=O)O)C(c3cccc(F)c3C)N=C(c3nccs3)N2)CC1. The minimum Gasteiger partial charge on any atom is -0.478 e. The average Bonchev–Trinajstić information content (AvgIpc) is 3.27. The first-order chi connectivity index (χ1) is 20.0. The van der Waals surface area contributed by atoms with E-state index in [1.54, 1.807) is 29.5 Å². The quantitative estimate of drug-likeness (QED) is 0.419. The molecule has 0 bridgehead atoms. The number of likely N-dealkylation sites (tertiary alicyclic amines) is 2. The number of esters is 1. The van der Waals surface area contributed by atoms with E-state index in [9.17, 15) is 19.1 Å². The number of nitrogens with one attached hydrogen (secondary N) is 1. The molecule has 9 nitrogen and oxygen atoms in total. The molecular formula is C29H32F3N5O4S. The molecule has 4 aliphatic rings. The van der Waals surface area contributed by atoms with Crippen molar-refractivity contribution in [3.05, 3.63) is 63.0 Å². The van der Waals surface area contributed by atoms with Crippen LogP contribution in [0.2, 0.25) is 0 Å². The van der Waals surface area contributed by atoms with Crippen molar-refractivity contribution in [1.82, 2.24) is 20.1 Å². The van der Waals surface area contributed by atoms with Crippen LogP contribution in [0.1, 0.15) is 41.4 Å². The maximum Gasteiger partial charge on any atom is 0.335 e. The van der Waals surface area contributed by atoms with Crippen LogP contribution in [-0.4, -0.2) is 89.5 Å². The van der Waals surface area contributed by atoms with Gasteiger partial charge in [0.05, 0.1) is 31.6 Å². The van der Waals surface area contributed by atoms with Crippen molar-refractivity contribution in [2.24, 2.45) is 16.3 Å². The predicted octanol–water partition coefficient (Wildman–Crippen LogP) is 3.62. The number of hydrogen-bond acceptors (Lipinski definition) is 9. The van der Waals surface area contributed by atoms with E-state index in [0.717, 1.165) is 12.8 Å². The first kappa shape index (κ1) is 28.8. The van der Waals surface area contributed by atoms with Gasteiger partial charge in [-0.2, -0.15) is 0 Å². The molecular weight excluding hydrogens is 571 g/mol. The molecule has 2 saturated heterocycles. The van der Waals surface area contributed by atoms with E-state index in [1.165, 1.54) is 30.6 Å². The smallest absolute Gasteiger partial charge is 0.335 e. The standard InChI is InChI=1S/C29H32F3N5O4S/c1-16-17(4-3-5-19(16)30)24-23(27(39)40)20(34-25(35-24)26-33-8-9-42-26)12-37-15-29(31,32)18-11-36(13-21(18)37)14-28(6-7-28)10-22(38)41-2/h3-5,8-9,18,21,24H,6-7,10-15H2,1-2H3,(H,34,35)(H,39,40). The van der Waals surface area contributed by atoms with Gasteiger partial charge >= 0.3 is 11.9 Å². The number of fused-ring (bicyclic) bond motifs is 1. The molecule has 3 fully saturated rings. The monoisotopic (exact) mass is 603 g/mol. The van der Waals surface area contributed by atoms with Crippen molar-refractivity contribution in [2.45, 2.75) is 44.2 Å². The van der Waals surface area contributed by atoms with Gasteiger partial charge < -0.3 is 20.1 Å². The Hall–Kier alpha value is -3.29. The molecule has 0 amide bonds. The fourth-order valence-electron chi connectivity index (χ4n) is 6.65. The van der Waals surface area contributed by atoms with Crippen LogP contribution < -0.4 is 5.32 Å². The summed E-state index contributed by atoms with van der Waals surface area (Å²) in [4.78, 5) is 37.2. The fourth-order valence-corrected chi connectivity index (χ4v) is 7.24. The molecule has 2 aromatic rings. The van der Waals surface area contributed by atoms with E-state index >= 15 is 8.78 Å². The number of aliphatic carboxylic acids is 1. The predicted molar refractivity (Wildman–Crippen MR) is 149 cm³/mol. The number of carboxylic acids is 1. The van der Waals surface area contributed by atoms with E-state index in [1.807, 2.05) is 4.90 Å². The number of alkyl halides is 2. The minimum absolute atomic E-state index is 0.0746. The number of thiazole rings is 1. The van der Waals surface area contributed by atoms with E-state index < -0.39 is 42.3 Å². The Kier molecular flexibility index (Phi) is 7.38. The van der Waals surface area contributed by atoms with Gasteiger partial charge in [-0.3, -0.25) is 14.7 Å². The lowest BCUT2D eigenvalue weighted by atomic mass is 9.92. The van der Waals surface area contributed by atoms with Crippen molar-refractivity contribution in [3.8, 4) is 0 Å². The second-order valence-corrected chi connectivity index (χ2v) is 12.7. The number of hydrogen-bond donors (Lipinski definition) is 2. The number of aromatic nitrogens is 1. The van der Waals surface area contributed by atoms with Crippen LogP contribution >= 0.6 is 11.3 Å². The summed E-state index contributed by atoms with van der Waals surface area (Å²) in [6.07, 6.45) is 3.57. The minimum atomic E-state index is -2.97. The maximum atomic E-state index is 15.4. The first-order valence-electron chi connectivity index (χ1n) is 13.9. The number of methoxy groups -OCH3 is 1. The van der Waals surface area contributed by atoms with E-state index in [0.29, 0.717) is 29.5 Å². The summed E-state index contributed by atoms with van der Waals surface area (Å²) in [7, 11) is 1.35. The summed E-state index contributed by atoms with van der Waals surface area (Å²) >= 11 is 1.30. The molecule has 2 N–H and O–H groups in total. The summed E-state index contributed by atoms with van der Waals surface area (Å²) < 4.78 is 50.3. The zero-order chi connectivity index (χ0) is 29.8. The molecule has 0 spiro atoms. The molecule has 6 rings (SSSR count). The van der Waals surface area contributed by atoms with Gasteiger partial charge in [-0.05, 0) is 42.4 Å². The fraction of sp³-hybridized carbons (Fsp3) is 0.517. The number of carbonyl (C=O) groups excluding carboxylic acids is 1. The molecule has 1 saturated carbocycles. The average molecular weight is 604 g/mol. The summed E-state index contributed by atoms with van der Waals surface area (Å²) in [6.45, 7) is 2.12. The second-order valence-electron chi connectivity index (χ2n) is 11.8. The van der Waals surface area contributed by atoms with Crippen LogP contribution in [0, 0.1) is 24.1 Å². The van der Waals surface area contributed by atoms with Gasteiger partial charge in [0, 0.05) is 49.5 Å². The Morgan fingerprint density at radius 2 is 2.05 bits per heavy atom. The highest BCUT2D eigenvalue weighted by Gasteiger charge is 2.59. The number of ether oxygens (including phenoxy) is 1. The highest BCUT2D eigenvalue weighted by Crippen LogP contribution is 2.51. The molecule has 4 heterocycles. The zero-order valence-corrected chi connectivity index (χ0v) is 24.1. The van der Waals surface area contributed by atoms with Gasteiger partial charge in [0.15, 0.2) is 10.8 Å². The summed E-state index contributed by atoms with van der Waals surface area (Å²) in [6, 6.07) is 2.87. The third-order valence-electron chi connectivity index (χ3n) is 9.01. The van der Waals surface area contributed by atoms with Crippen molar-refractivity contribution in [3.63, 3.8) is 0 Å². The zero-order valence-electron chi connectivity index (χ0n) is 23.3. The summed E-state index contributed by atoms with van der Waals surface area (Å²) in [5.74, 6) is -5.62. The van der Waals surface area contributed by atoms with Crippen molar-refractivity contribution >= 4 is 29.1 Å². The number of rotatable bonds is 9. The van der Waals surface area contributed by atoms with Crippen molar-refractivity contribution < 1.29 is 32.6 Å². The molecule has 3 unspecified atom stereocenters. The lowest BCUT2D eigenvalue weighted by Gasteiger charge is -2.31. The van der Waals surface area contributed by atoms with Crippen LogP contribution in [0.4, 0.5) is 13.2 Å². The molecule has 3 aliphatic heterocycles. The number of halogens is 3. The third kappa shape index (κ3) is 5.33. The van der Waals surface area contributed by atoms with Gasteiger partial charge in [0.2, 0.25) is 0 Å². The highest BCUT2D eigenvalue weighted by atomic mass is 32.1. The van der Waals surface area contributed by atoms with Gasteiger partial charge in [0.1, 0.15) is 11.9 Å². The second kappa shape index (κ2) is 10.8. The Bertz CT molecular complexity index is 1460. The van der Waals surface area contributed by atoms with Crippen LogP contribution in [-0.2, 0) is 14.3 Å². The van der Waals surface area contributed by atoms with E-state index in [4.69, 9.17) is 4.74 Å². The molecule has 42 heavy (non-hydrogen) atoms. The Balaban J connectivity index is 1.30. The van der Waals surface area contributed by atoms with Crippen LogP contribution in [0.25, 0.3) is 0 Å². The van der Waals surface area contributed by atoms with Gasteiger partial charge in [0.25, 0.3) is 5.92 Å². The Labute approximate surface area is 245 Å². The lowest BCUT2D eigenvalue weighted by molar-refractivity contribution is -0.142. The Morgan fingerprint density at radius 3 is 2.71 bits per heavy atom. The van der Waals surface area contributed by atoms with Gasteiger partial charge in [-0.1, -0.05) is 12.1 Å². The topological polar surface area (TPSA) is 107 Å².